The van der Waals surface area contributed by atoms with Crippen LogP contribution in [0.5, 0.6) is 0 Å². The van der Waals surface area contributed by atoms with E-state index in [9.17, 15) is 4.79 Å². The minimum atomic E-state index is 0.0156. The lowest BCUT2D eigenvalue weighted by molar-refractivity contribution is 0.0947. The average molecular weight is 409 g/mol. The molecule has 6 heteroatoms. The summed E-state index contributed by atoms with van der Waals surface area (Å²) in [6.07, 6.45) is 0. The van der Waals surface area contributed by atoms with Gasteiger partial charge in [0, 0.05) is 44.8 Å². The minimum Gasteiger partial charge on any atom is -0.351 e. The molecule has 0 unspecified atom stereocenters. The number of nitrogens with zero attached hydrogens (tertiary/aromatic N) is 3. The molecule has 3 aromatic rings. The second-order valence-electron chi connectivity index (χ2n) is 7.75. The highest BCUT2D eigenvalue weighted by atomic mass is 32.1. The number of anilines is 1. The first-order valence-electron chi connectivity index (χ1n) is 10.2. The molecule has 2 heterocycles. The number of thiazole rings is 1. The predicted octanol–water partition coefficient (Wildman–Crippen LogP) is 3.77. The van der Waals surface area contributed by atoms with Crippen LogP contribution < -0.4 is 10.2 Å². The van der Waals surface area contributed by atoms with Gasteiger partial charge in [0.2, 0.25) is 0 Å². The van der Waals surface area contributed by atoms with Gasteiger partial charge in [0.15, 0.2) is 5.13 Å². The monoisotopic (exact) mass is 408 g/mol. The van der Waals surface area contributed by atoms with Gasteiger partial charge in [-0.15, -0.1) is 0 Å². The molecule has 0 spiro atoms. The number of hydrogen-bond donors (Lipinski definition) is 1. The first-order valence-corrected chi connectivity index (χ1v) is 11.0. The fourth-order valence-electron chi connectivity index (χ4n) is 3.76. The summed E-state index contributed by atoms with van der Waals surface area (Å²) in [5.74, 6) is 0.0156. The van der Waals surface area contributed by atoms with Gasteiger partial charge in [-0.1, -0.05) is 35.6 Å². The molecule has 0 bridgehead atoms. The van der Waals surface area contributed by atoms with Crippen LogP contribution >= 0.6 is 11.3 Å². The number of amides is 1. The van der Waals surface area contributed by atoms with Crippen LogP contribution in [0.4, 0.5) is 5.13 Å². The molecular weight excluding hydrogens is 380 g/mol. The molecule has 1 fully saturated rings. The van der Waals surface area contributed by atoms with Crippen LogP contribution in [0.15, 0.2) is 36.4 Å². The average Bonchev–Trinajstić information content (AvgIpc) is 3.17. The highest BCUT2D eigenvalue weighted by Gasteiger charge is 2.20. The molecule has 1 aliphatic heterocycles. The van der Waals surface area contributed by atoms with Crippen molar-refractivity contribution in [3.63, 3.8) is 0 Å². The fraction of sp³-hybridized carbons (Fsp3) is 0.391. The topological polar surface area (TPSA) is 48.5 Å². The Morgan fingerprint density at radius 1 is 1.03 bits per heavy atom. The maximum Gasteiger partial charge on any atom is 0.251 e. The van der Waals surface area contributed by atoms with Crippen molar-refractivity contribution < 1.29 is 4.79 Å². The Morgan fingerprint density at radius 2 is 1.79 bits per heavy atom. The predicted molar refractivity (Wildman–Crippen MR) is 121 cm³/mol. The lowest BCUT2D eigenvalue weighted by atomic mass is 10.1. The number of piperazine rings is 1. The number of benzene rings is 2. The zero-order valence-corrected chi connectivity index (χ0v) is 18.2. The Labute approximate surface area is 176 Å². The molecule has 4 rings (SSSR count). The number of carbonyl (C=O) groups is 1. The van der Waals surface area contributed by atoms with Gasteiger partial charge in [-0.05, 0) is 49.6 Å². The fourth-order valence-corrected chi connectivity index (χ4v) is 4.84. The van der Waals surface area contributed by atoms with Crippen LogP contribution in [0.2, 0.25) is 0 Å². The summed E-state index contributed by atoms with van der Waals surface area (Å²) in [5.41, 5.74) is 5.50. The third-order valence-electron chi connectivity index (χ3n) is 5.82. The zero-order valence-electron chi connectivity index (χ0n) is 17.4. The summed E-state index contributed by atoms with van der Waals surface area (Å²) in [6.45, 7) is 11.8. The Kier molecular flexibility index (Phi) is 5.83. The molecule has 0 atom stereocenters. The molecule has 0 saturated carbocycles. The molecule has 1 aliphatic rings. The van der Waals surface area contributed by atoms with Gasteiger partial charge in [0.1, 0.15) is 0 Å². The lowest BCUT2D eigenvalue weighted by Crippen LogP contribution is -2.48. The van der Waals surface area contributed by atoms with Crippen molar-refractivity contribution in [2.24, 2.45) is 0 Å². The summed E-state index contributed by atoms with van der Waals surface area (Å²) in [7, 11) is 0. The summed E-state index contributed by atoms with van der Waals surface area (Å²) in [4.78, 5) is 22.1. The summed E-state index contributed by atoms with van der Waals surface area (Å²) in [6, 6.07) is 12.1. The SMILES string of the molecule is Cc1ccccc1C(=O)NCCN1CCN(c2nc3c(C)c(C)ccc3s2)CC1. The number of carbonyl (C=O) groups excluding carboxylic acids is 1. The van der Waals surface area contributed by atoms with Crippen molar-refractivity contribution in [1.29, 1.82) is 0 Å². The van der Waals surface area contributed by atoms with Crippen LogP contribution in [-0.2, 0) is 0 Å². The first-order chi connectivity index (χ1) is 14.0. The molecule has 1 saturated heterocycles. The van der Waals surface area contributed by atoms with Crippen molar-refractivity contribution in [2.45, 2.75) is 20.8 Å². The Hall–Kier alpha value is -2.44. The molecule has 0 aliphatic carbocycles. The van der Waals surface area contributed by atoms with E-state index in [4.69, 9.17) is 4.98 Å². The van der Waals surface area contributed by atoms with Crippen LogP contribution in [0.1, 0.15) is 27.0 Å². The molecule has 0 radical (unpaired) electrons. The lowest BCUT2D eigenvalue weighted by Gasteiger charge is -2.34. The summed E-state index contributed by atoms with van der Waals surface area (Å²) in [5, 5.41) is 4.18. The number of aromatic nitrogens is 1. The highest BCUT2D eigenvalue weighted by Crippen LogP contribution is 2.32. The smallest absolute Gasteiger partial charge is 0.251 e. The summed E-state index contributed by atoms with van der Waals surface area (Å²) < 4.78 is 1.27. The Bertz CT molecular complexity index is 1020. The van der Waals surface area contributed by atoms with Gasteiger partial charge in [-0.25, -0.2) is 4.98 Å². The van der Waals surface area contributed by atoms with E-state index in [1.54, 1.807) is 11.3 Å². The van der Waals surface area contributed by atoms with Gasteiger partial charge < -0.3 is 10.2 Å². The standard InChI is InChI=1S/C23H28N4OS/c1-16-8-9-20-21(18(16)3)25-23(29-20)27-14-12-26(13-15-27)11-10-24-22(28)19-7-5-4-6-17(19)2/h4-9H,10-15H2,1-3H3,(H,24,28). The molecule has 2 aromatic carbocycles. The van der Waals surface area contributed by atoms with Gasteiger partial charge in [-0.2, -0.15) is 0 Å². The maximum atomic E-state index is 12.3. The van der Waals surface area contributed by atoms with Crippen molar-refractivity contribution in [1.82, 2.24) is 15.2 Å². The number of fused-ring (bicyclic) bond motifs is 1. The minimum absolute atomic E-state index is 0.0156. The van der Waals surface area contributed by atoms with Gasteiger partial charge >= 0.3 is 0 Å². The Morgan fingerprint density at radius 3 is 2.55 bits per heavy atom. The van der Waals surface area contributed by atoms with E-state index in [1.807, 2.05) is 31.2 Å². The van der Waals surface area contributed by atoms with Crippen molar-refractivity contribution in [3.05, 3.63) is 58.7 Å². The number of rotatable bonds is 5. The van der Waals surface area contributed by atoms with E-state index in [0.29, 0.717) is 6.54 Å². The van der Waals surface area contributed by atoms with E-state index < -0.39 is 0 Å². The van der Waals surface area contributed by atoms with Crippen LogP contribution in [0.25, 0.3) is 10.2 Å². The van der Waals surface area contributed by atoms with Crippen LogP contribution in [-0.4, -0.2) is 55.1 Å². The highest BCUT2D eigenvalue weighted by molar-refractivity contribution is 7.22. The number of nitrogens with one attached hydrogen (secondary N) is 1. The first kappa shape index (κ1) is 19.9. The van der Waals surface area contributed by atoms with E-state index in [2.05, 4.69) is 41.1 Å². The molecule has 5 nitrogen and oxygen atoms in total. The van der Waals surface area contributed by atoms with E-state index in [-0.39, 0.29) is 5.91 Å². The van der Waals surface area contributed by atoms with Crippen molar-refractivity contribution >= 4 is 32.6 Å². The van der Waals surface area contributed by atoms with E-state index >= 15 is 0 Å². The van der Waals surface area contributed by atoms with E-state index in [1.165, 1.54) is 15.8 Å². The molecular formula is C23H28N4OS. The molecule has 1 N–H and O–H groups in total. The quantitative estimate of drug-likeness (QED) is 0.698. The van der Waals surface area contributed by atoms with Crippen LogP contribution in [0, 0.1) is 20.8 Å². The molecule has 29 heavy (non-hydrogen) atoms. The maximum absolute atomic E-state index is 12.3. The Balaban J connectivity index is 1.28. The number of aryl methyl sites for hydroxylation is 3. The molecule has 1 aromatic heterocycles. The van der Waals surface area contributed by atoms with Gasteiger partial charge in [0.05, 0.1) is 10.2 Å². The molecule has 152 valence electrons. The van der Waals surface area contributed by atoms with Gasteiger partial charge in [-0.3, -0.25) is 9.69 Å². The normalized spacial score (nSPS) is 15.1. The largest absolute Gasteiger partial charge is 0.351 e. The van der Waals surface area contributed by atoms with Crippen molar-refractivity contribution in [2.75, 3.05) is 44.2 Å². The second kappa shape index (κ2) is 8.51. The number of hydrogen-bond acceptors (Lipinski definition) is 5. The molecule has 1 amide bonds. The van der Waals surface area contributed by atoms with Crippen molar-refractivity contribution in [3.8, 4) is 0 Å². The zero-order chi connectivity index (χ0) is 20.4. The van der Waals surface area contributed by atoms with E-state index in [0.717, 1.165) is 54.5 Å². The second-order valence-corrected chi connectivity index (χ2v) is 8.76. The van der Waals surface area contributed by atoms with Crippen LogP contribution in [0.3, 0.4) is 0 Å². The van der Waals surface area contributed by atoms with Gasteiger partial charge in [0.25, 0.3) is 5.91 Å². The third kappa shape index (κ3) is 4.28. The third-order valence-corrected chi connectivity index (χ3v) is 6.90. The summed E-state index contributed by atoms with van der Waals surface area (Å²) >= 11 is 1.79.